The number of hydrogen-bond donors (Lipinski definition) is 2. The van der Waals surface area contributed by atoms with Gasteiger partial charge in [-0.25, -0.2) is 0 Å². The maximum atomic E-state index is 11.1. The van der Waals surface area contributed by atoms with Gasteiger partial charge in [-0.1, -0.05) is 6.08 Å². The van der Waals surface area contributed by atoms with E-state index in [0.29, 0.717) is 19.5 Å². The maximum Gasteiger partial charge on any atom is 0.221 e. The van der Waals surface area contributed by atoms with Crippen molar-refractivity contribution in [2.45, 2.75) is 25.4 Å². The van der Waals surface area contributed by atoms with Crippen LogP contribution in [0.1, 0.15) is 19.3 Å². The van der Waals surface area contributed by atoms with Crippen LogP contribution >= 0.6 is 0 Å². The highest BCUT2D eigenvalue weighted by molar-refractivity contribution is 5.76. The zero-order valence-electron chi connectivity index (χ0n) is 9.11. The summed E-state index contributed by atoms with van der Waals surface area (Å²) in [7, 11) is 0. The number of aliphatic hydroxyl groups is 1. The van der Waals surface area contributed by atoms with Crippen molar-refractivity contribution in [1.82, 2.24) is 10.2 Å². The van der Waals surface area contributed by atoms with Crippen LogP contribution in [0.25, 0.3) is 0 Å². The number of amides is 1. The minimum atomic E-state index is -0.309. The molecule has 0 aromatic heterocycles. The second-order valence-electron chi connectivity index (χ2n) is 3.92. The van der Waals surface area contributed by atoms with Gasteiger partial charge in [-0.05, 0) is 12.8 Å². The van der Waals surface area contributed by atoms with E-state index in [9.17, 15) is 9.90 Å². The number of carbonyl (C=O) groups excluding carboxylic acids is 1. The number of carbonyl (C=O) groups is 1. The van der Waals surface area contributed by atoms with Crippen LogP contribution in [-0.2, 0) is 4.79 Å². The molecule has 0 aliphatic carbocycles. The van der Waals surface area contributed by atoms with Gasteiger partial charge in [0.1, 0.15) is 0 Å². The molecule has 4 nitrogen and oxygen atoms in total. The summed E-state index contributed by atoms with van der Waals surface area (Å²) in [4.78, 5) is 13.2. The van der Waals surface area contributed by atoms with Crippen molar-refractivity contribution in [2.24, 2.45) is 0 Å². The van der Waals surface area contributed by atoms with Crippen LogP contribution in [0.15, 0.2) is 12.7 Å². The second kappa shape index (κ2) is 6.58. The Hall–Kier alpha value is -0.870. The van der Waals surface area contributed by atoms with Gasteiger partial charge < -0.3 is 10.4 Å². The fourth-order valence-electron chi connectivity index (χ4n) is 1.70. The molecule has 1 saturated heterocycles. The molecule has 0 saturated carbocycles. The first-order valence-corrected chi connectivity index (χ1v) is 5.50. The van der Waals surface area contributed by atoms with Crippen LogP contribution in [0.4, 0.5) is 0 Å². The molecule has 2 N–H and O–H groups in total. The van der Waals surface area contributed by atoms with Gasteiger partial charge in [-0.3, -0.25) is 9.69 Å². The minimum absolute atomic E-state index is 0.109. The van der Waals surface area contributed by atoms with Gasteiger partial charge >= 0.3 is 0 Å². The molecular weight excluding hydrogens is 192 g/mol. The molecule has 0 aromatic carbocycles. The van der Waals surface area contributed by atoms with Crippen molar-refractivity contribution in [3.8, 4) is 0 Å². The number of aliphatic hydroxyl groups excluding tert-OH is 1. The SMILES string of the molecule is C=CCCC(O)CN1CCNC(=O)CC1. The van der Waals surface area contributed by atoms with Crippen LogP contribution in [-0.4, -0.2) is 48.2 Å². The molecule has 1 fully saturated rings. The van der Waals surface area contributed by atoms with E-state index in [2.05, 4.69) is 16.8 Å². The third-order valence-corrected chi connectivity index (χ3v) is 2.58. The molecule has 1 unspecified atom stereocenters. The number of rotatable bonds is 5. The number of nitrogens with one attached hydrogen (secondary N) is 1. The fourth-order valence-corrected chi connectivity index (χ4v) is 1.70. The summed E-state index contributed by atoms with van der Waals surface area (Å²) in [5.74, 6) is 0.109. The van der Waals surface area contributed by atoms with Gasteiger partial charge in [0.05, 0.1) is 6.10 Å². The Kier molecular flexibility index (Phi) is 5.36. The van der Waals surface area contributed by atoms with Crippen molar-refractivity contribution in [2.75, 3.05) is 26.2 Å². The maximum absolute atomic E-state index is 11.1. The zero-order chi connectivity index (χ0) is 11.1. The molecule has 1 amide bonds. The Morgan fingerprint density at radius 3 is 3.13 bits per heavy atom. The Labute approximate surface area is 91.0 Å². The smallest absolute Gasteiger partial charge is 0.221 e. The van der Waals surface area contributed by atoms with Gasteiger partial charge in [0.25, 0.3) is 0 Å². The molecule has 86 valence electrons. The molecule has 4 heteroatoms. The third-order valence-electron chi connectivity index (χ3n) is 2.58. The van der Waals surface area contributed by atoms with E-state index in [1.807, 2.05) is 6.08 Å². The van der Waals surface area contributed by atoms with Gasteiger partial charge in [0.2, 0.25) is 5.91 Å². The van der Waals surface area contributed by atoms with E-state index in [-0.39, 0.29) is 12.0 Å². The topological polar surface area (TPSA) is 52.6 Å². The Balaban J connectivity index is 2.24. The molecule has 0 bridgehead atoms. The van der Waals surface area contributed by atoms with Crippen LogP contribution in [0.3, 0.4) is 0 Å². The largest absolute Gasteiger partial charge is 0.392 e. The van der Waals surface area contributed by atoms with Crippen LogP contribution < -0.4 is 5.32 Å². The molecule has 1 atom stereocenters. The lowest BCUT2D eigenvalue weighted by molar-refractivity contribution is -0.120. The highest BCUT2D eigenvalue weighted by Crippen LogP contribution is 2.03. The summed E-state index contributed by atoms with van der Waals surface area (Å²) in [6, 6.07) is 0. The lowest BCUT2D eigenvalue weighted by atomic mass is 10.2. The number of β-amino-alcohol motifs (C(OH)–C–C–N with tert-alkyl or cyclic N) is 1. The molecular formula is C11H20N2O2. The first kappa shape index (κ1) is 12.2. The zero-order valence-corrected chi connectivity index (χ0v) is 9.11. The molecule has 0 aromatic rings. The van der Waals surface area contributed by atoms with Crippen molar-refractivity contribution in [3.63, 3.8) is 0 Å². The highest BCUT2D eigenvalue weighted by Gasteiger charge is 2.15. The van der Waals surface area contributed by atoms with Crippen molar-refractivity contribution in [1.29, 1.82) is 0 Å². The van der Waals surface area contributed by atoms with Gasteiger partial charge in [-0.15, -0.1) is 6.58 Å². The number of hydrogen-bond acceptors (Lipinski definition) is 3. The normalized spacial score (nSPS) is 20.5. The summed E-state index contributed by atoms with van der Waals surface area (Å²) in [6.07, 6.45) is 3.63. The Morgan fingerprint density at radius 1 is 1.60 bits per heavy atom. The molecule has 1 aliphatic heterocycles. The summed E-state index contributed by atoms with van der Waals surface area (Å²) in [6.45, 7) is 6.55. The summed E-state index contributed by atoms with van der Waals surface area (Å²) >= 11 is 0. The Morgan fingerprint density at radius 2 is 2.40 bits per heavy atom. The lowest BCUT2D eigenvalue weighted by Gasteiger charge is -2.22. The van der Waals surface area contributed by atoms with Crippen molar-refractivity contribution in [3.05, 3.63) is 12.7 Å². The predicted octanol–water partition coefficient (Wildman–Crippen LogP) is 0.135. The van der Waals surface area contributed by atoms with Gasteiger partial charge in [-0.2, -0.15) is 0 Å². The molecule has 0 radical (unpaired) electrons. The lowest BCUT2D eigenvalue weighted by Crippen LogP contribution is -2.35. The third kappa shape index (κ3) is 4.95. The number of allylic oxidation sites excluding steroid dienone is 1. The summed E-state index contributed by atoms with van der Waals surface area (Å²) in [5, 5.41) is 12.5. The summed E-state index contributed by atoms with van der Waals surface area (Å²) < 4.78 is 0. The molecule has 0 spiro atoms. The van der Waals surface area contributed by atoms with Crippen molar-refractivity contribution < 1.29 is 9.90 Å². The molecule has 1 heterocycles. The van der Waals surface area contributed by atoms with E-state index in [1.54, 1.807) is 0 Å². The van der Waals surface area contributed by atoms with Gasteiger partial charge in [0, 0.05) is 32.6 Å². The van der Waals surface area contributed by atoms with Crippen LogP contribution in [0, 0.1) is 0 Å². The predicted molar refractivity (Wildman–Crippen MR) is 59.5 cm³/mol. The standard InChI is InChI=1S/C11H20N2O2/c1-2-3-4-10(14)9-13-7-5-11(15)12-6-8-13/h2,10,14H,1,3-9H2,(H,12,15). The van der Waals surface area contributed by atoms with Crippen LogP contribution in [0.5, 0.6) is 0 Å². The number of nitrogens with zero attached hydrogens (tertiary/aromatic N) is 1. The first-order valence-electron chi connectivity index (χ1n) is 5.50. The molecule has 1 rings (SSSR count). The second-order valence-corrected chi connectivity index (χ2v) is 3.92. The molecule has 1 aliphatic rings. The van der Waals surface area contributed by atoms with E-state index in [0.717, 1.165) is 25.9 Å². The first-order chi connectivity index (χ1) is 7.22. The van der Waals surface area contributed by atoms with E-state index in [4.69, 9.17) is 0 Å². The van der Waals surface area contributed by atoms with Gasteiger partial charge in [0.15, 0.2) is 0 Å². The van der Waals surface area contributed by atoms with E-state index < -0.39 is 0 Å². The van der Waals surface area contributed by atoms with E-state index in [1.165, 1.54) is 0 Å². The molecule has 15 heavy (non-hydrogen) atoms. The fraction of sp³-hybridized carbons (Fsp3) is 0.727. The summed E-state index contributed by atoms with van der Waals surface area (Å²) in [5.41, 5.74) is 0. The minimum Gasteiger partial charge on any atom is -0.392 e. The van der Waals surface area contributed by atoms with E-state index >= 15 is 0 Å². The average molecular weight is 212 g/mol. The monoisotopic (exact) mass is 212 g/mol. The van der Waals surface area contributed by atoms with Crippen molar-refractivity contribution >= 4 is 5.91 Å². The average Bonchev–Trinajstić information content (AvgIpc) is 2.41. The van der Waals surface area contributed by atoms with Crippen LogP contribution in [0.2, 0.25) is 0 Å². The quantitative estimate of drug-likeness (QED) is 0.637. The Bertz CT molecular complexity index is 219. The highest BCUT2D eigenvalue weighted by atomic mass is 16.3.